The molecule has 0 radical (unpaired) electrons. The molecular weight excluding hydrogens is 240 g/mol. The van der Waals surface area contributed by atoms with Gasteiger partial charge in [-0.1, -0.05) is 6.42 Å². The molecule has 0 aromatic carbocycles. The van der Waals surface area contributed by atoms with Crippen molar-refractivity contribution in [3.05, 3.63) is 12.3 Å². The first kappa shape index (κ1) is 12.7. The fraction of sp³-hybridized carbons (Fsp3) is 0.714. The van der Waals surface area contributed by atoms with Gasteiger partial charge >= 0.3 is 0 Å². The number of nitrogens with one attached hydrogen (secondary N) is 1. The highest BCUT2D eigenvalue weighted by Crippen LogP contribution is 2.42. The van der Waals surface area contributed by atoms with Gasteiger partial charge in [0.05, 0.1) is 0 Å². The molecule has 19 heavy (non-hydrogen) atoms. The number of aryl methyl sites for hydroxylation is 1. The average Bonchev–Trinajstić information content (AvgIpc) is 2.74. The van der Waals surface area contributed by atoms with Gasteiger partial charge < -0.3 is 11.1 Å². The molecule has 0 aliphatic heterocycles. The minimum absolute atomic E-state index is 0.108. The van der Waals surface area contributed by atoms with Crippen LogP contribution in [0.4, 0.5) is 5.82 Å². The minimum Gasteiger partial charge on any atom is -0.327 e. The summed E-state index contributed by atoms with van der Waals surface area (Å²) < 4.78 is 1.70. The predicted octanol–water partition coefficient (Wildman–Crippen LogP) is 1.51. The van der Waals surface area contributed by atoms with Crippen LogP contribution in [0.15, 0.2) is 12.3 Å². The van der Waals surface area contributed by atoms with Gasteiger partial charge in [-0.05, 0) is 37.5 Å². The van der Waals surface area contributed by atoms with Gasteiger partial charge in [0.2, 0.25) is 5.91 Å². The first-order chi connectivity index (χ1) is 9.13. The summed E-state index contributed by atoms with van der Waals surface area (Å²) >= 11 is 0. The van der Waals surface area contributed by atoms with Crippen LogP contribution >= 0.6 is 0 Å². The van der Waals surface area contributed by atoms with Crippen LogP contribution in [0.25, 0.3) is 0 Å². The van der Waals surface area contributed by atoms with Crippen LogP contribution in [-0.4, -0.2) is 21.7 Å². The zero-order chi connectivity index (χ0) is 13.4. The van der Waals surface area contributed by atoms with Crippen LogP contribution in [0.1, 0.15) is 32.1 Å². The number of rotatable bonds is 2. The van der Waals surface area contributed by atoms with Crippen LogP contribution < -0.4 is 11.1 Å². The molecule has 1 aromatic rings. The predicted molar refractivity (Wildman–Crippen MR) is 73.4 cm³/mol. The number of nitrogens with two attached hydrogens (primary N) is 1. The molecule has 2 fully saturated rings. The smallest absolute Gasteiger partial charge is 0.228 e. The van der Waals surface area contributed by atoms with E-state index < -0.39 is 0 Å². The molecule has 2 saturated carbocycles. The van der Waals surface area contributed by atoms with E-state index in [4.69, 9.17) is 5.73 Å². The third kappa shape index (κ3) is 2.52. The maximum atomic E-state index is 12.3. The van der Waals surface area contributed by atoms with Crippen molar-refractivity contribution in [2.24, 2.45) is 30.5 Å². The number of amides is 1. The quantitative estimate of drug-likeness (QED) is 0.848. The number of anilines is 1. The maximum Gasteiger partial charge on any atom is 0.228 e. The van der Waals surface area contributed by atoms with Crippen LogP contribution in [0, 0.1) is 17.8 Å². The van der Waals surface area contributed by atoms with Gasteiger partial charge in [-0.3, -0.25) is 9.48 Å². The molecule has 5 heteroatoms. The van der Waals surface area contributed by atoms with Crippen molar-refractivity contribution >= 4 is 11.7 Å². The summed E-state index contributed by atoms with van der Waals surface area (Å²) in [7, 11) is 1.85. The van der Waals surface area contributed by atoms with Crippen LogP contribution in [0.2, 0.25) is 0 Å². The number of aromatic nitrogens is 2. The van der Waals surface area contributed by atoms with Crippen molar-refractivity contribution in [3.8, 4) is 0 Å². The van der Waals surface area contributed by atoms with Crippen LogP contribution in [0.3, 0.4) is 0 Å². The zero-order valence-electron chi connectivity index (χ0n) is 11.4. The molecule has 5 nitrogen and oxygen atoms in total. The van der Waals surface area contributed by atoms with Crippen molar-refractivity contribution in [1.82, 2.24) is 9.78 Å². The van der Waals surface area contributed by atoms with E-state index in [0.29, 0.717) is 23.7 Å². The van der Waals surface area contributed by atoms with E-state index in [-0.39, 0.29) is 11.8 Å². The molecule has 0 saturated heterocycles. The van der Waals surface area contributed by atoms with Gasteiger partial charge in [0.1, 0.15) is 0 Å². The summed E-state index contributed by atoms with van der Waals surface area (Å²) in [6.07, 6.45) is 7.36. The summed E-state index contributed by atoms with van der Waals surface area (Å²) in [6.45, 7) is 0. The van der Waals surface area contributed by atoms with E-state index in [1.165, 1.54) is 19.3 Å². The number of hydrogen-bond acceptors (Lipinski definition) is 3. The molecule has 2 atom stereocenters. The Hall–Kier alpha value is -1.36. The van der Waals surface area contributed by atoms with Crippen LogP contribution in [0.5, 0.6) is 0 Å². The molecule has 1 aromatic heterocycles. The van der Waals surface area contributed by atoms with Gasteiger partial charge in [0.15, 0.2) is 5.82 Å². The zero-order valence-corrected chi connectivity index (χ0v) is 11.4. The Bertz CT molecular complexity index is 456. The standard InChI is InChI=1S/C14H22N4O/c1-18-6-5-12(17-18)16-14(19)11-7-9-3-2-4-10(8-11)13(9)15/h5-6,9-11,13H,2-4,7-8,15H2,1H3,(H,16,17,19). The summed E-state index contributed by atoms with van der Waals surface area (Å²) in [5.74, 6) is 1.94. The van der Waals surface area contributed by atoms with E-state index in [1.807, 2.05) is 19.3 Å². The third-order valence-corrected chi connectivity index (χ3v) is 4.75. The van der Waals surface area contributed by atoms with Gasteiger partial charge in [-0.2, -0.15) is 5.10 Å². The van der Waals surface area contributed by atoms with Crippen molar-refractivity contribution in [2.45, 2.75) is 38.1 Å². The van der Waals surface area contributed by atoms with Crippen molar-refractivity contribution in [3.63, 3.8) is 0 Å². The Morgan fingerprint density at radius 1 is 1.42 bits per heavy atom. The van der Waals surface area contributed by atoms with Gasteiger partial charge in [-0.15, -0.1) is 0 Å². The Kier molecular flexibility index (Phi) is 3.31. The van der Waals surface area contributed by atoms with Gasteiger partial charge in [0.25, 0.3) is 0 Å². The first-order valence-electron chi connectivity index (χ1n) is 7.19. The fourth-order valence-electron chi connectivity index (χ4n) is 3.71. The lowest BCUT2D eigenvalue weighted by atomic mass is 9.65. The second-order valence-corrected chi connectivity index (χ2v) is 6.06. The molecule has 2 bridgehead atoms. The Morgan fingerprint density at radius 3 is 2.68 bits per heavy atom. The summed E-state index contributed by atoms with van der Waals surface area (Å²) in [5.41, 5.74) is 6.26. The highest BCUT2D eigenvalue weighted by Gasteiger charge is 2.40. The number of nitrogens with zero attached hydrogens (tertiary/aromatic N) is 2. The third-order valence-electron chi connectivity index (χ3n) is 4.75. The lowest BCUT2D eigenvalue weighted by Gasteiger charge is -2.43. The second-order valence-electron chi connectivity index (χ2n) is 6.06. The summed E-state index contributed by atoms with van der Waals surface area (Å²) in [4.78, 5) is 12.3. The highest BCUT2D eigenvalue weighted by atomic mass is 16.2. The fourth-order valence-corrected chi connectivity index (χ4v) is 3.71. The molecule has 2 aliphatic carbocycles. The van der Waals surface area contributed by atoms with E-state index in [2.05, 4.69) is 10.4 Å². The Morgan fingerprint density at radius 2 is 2.11 bits per heavy atom. The van der Waals surface area contributed by atoms with Crippen molar-refractivity contribution in [1.29, 1.82) is 0 Å². The Labute approximate surface area is 113 Å². The van der Waals surface area contributed by atoms with E-state index in [0.717, 1.165) is 12.8 Å². The molecule has 104 valence electrons. The van der Waals surface area contributed by atoms with E-state index >= 15 is 0 Å². The lowest BCUT2D eigenvalue weighted by Crippen LogP contribution is -2.48. The Balaban J connectivity index is 1.64. The van der Waals surface area contributed by atoms with Crippen molar-refractivity contribution < 1.29 is 4.79 Å². The SMILES string of the molecule is Cn1ccc(NC(=O)C2CC3CCCC(C2)C3N)n1. The number of fused-ring (bicyclic) bond motifs is 2. The summed E-state index contributed by atoms with van der Waals surface area (Å²) in [5, 5.41) is 7.12. The molecule has 3 rings (SSSR count). The molecule has 2 unspecified atom stereocenters. The number of carbonyl (C=O) groups excluding carboxylic acids is 1. The molecule has 3 N–H and O–H groups in total. The number of carbonyl (C=O) groups is 1. The van der Waals surface area contributed by atoms with Gasteiger partial charge in [0, 0.05) is 31.3 Å². The normalized spacial score (nSPS) is 34.0. The molecule has 0 spiro atoms. The van der Waals surface area contributed by atoms with Crippen molar-refractivity contribution in [2.75, 3.05) is 5.32 Å². The molecule has 1 heterocycles. The first-order valence-corrected chi connectivity index (χ1v) is 7.19. The van der Waals surface area contributed by atoms with Gasteiger partial charge in [-0.25, -0.2) is 0 Å². The molecular formula is C14H22N4O. The minimum atomic E-state index is 0.108. The van der Waals surface area contributed by atoms with Crippen LogP contribution in [-0.2, 0) is 11.8 Å². The topological polar surface area (TPSA) is 72.9 Å². The van der Waals surface area contributed by atoms with E-state index in [9.17, 15) is 4.79 Å². The average molecular weight is 262 g/mol. The molecule has 2 aliphatic rings. The highest BCUT2D eigenvalue weighted by molar-refractivity contribution is 5.91. The monoisotopic (exact) mass is 262 g/mol. The maximum absolute atomic E-state index is 12.3. The van der Waals surface area contributed by atoms with E-state index in [1.54, 1.807) is 4.68 Å². The summed E-state index contributed by atoms with van der Waals surface area (Å²) in [6, 6.07) is 2.14. The number of hydrogen-bond donors (Lipinski definition) is 2. The second kappa shape index (κ2) is 4.96. The largest absolute Gasteiger partial charge is 0.327 e. The molecule has 1 amide bonds. The lowest BCUT2D eigenvalue weighted by molar-refractivity contribution is -0.122.